The summed E-state index contributed by atoms with van der Waals surface area (Å²) in [7, 11) is -8.31. The van der Waals surface area contributed by atoms with Gasteiger partial charge in [-0.3, -0.25) is 4.55 Å². The van der Waals surface area contributed by atoms with Crippen LogP contribution in [0.1, 0.15) is 13.3 Å². The maximum Gasteiger partial charge on any atom is 0.466 e. The quantitative estimate of drug-likeness (QED) is 0.360. The SMILES string of the molecule is CCCS(=O)(=O)O.O=P(O)(O)O. The van der Waals surface area contributed by atoms with E-state index in [9.17, 15) is 8.42 Å². The van der Waals surface area contributed by atoms with Crippen molar-refractivity contribution in [3.8, 4) is 0 Å². The van der Waals surface area contributed by atoms with Gasteiger partial charge in [-0.1, -0.05) is 6.92 Å². The van der Waals surface area contributed by atoms with Gasteiger partial charge in [-0.05, 0) is 6.42 Å². The minimum atomic E-state index is -4.64. The summed E-state index contributed by atoms with van der Waals surface area (Å²) in [6, 6.07) is 0. The fourth-order valence-corrected chi connectivity index (χ4v) is 0.774. The van der Waals surface area contributed by atoms with Crippen LogP contribution in [0.4, 0.5) is 0 Å². The van der Waals surface area contributed by atoms with Crippen LogP contribution in [0.3, 0.4) is 0 Å². The van der Waals surface area contributed by atoms with Crippen molar-refractivity contribution in [2.45, 2.75) is 13.3 Å². The van der Waals surface area contributed by atoms with E-state index >= 15 is 0 Å². The predicted molar refractivity (Wildman–Crippen MR) is 41.0 cm³/mol. The van der Waals surface area contributed by atoms with E-state index in [1.807, 2.05) is 0 Å². The number of hydrogen-bond donors (Lipinski definition) is 4. The van der Waals surface area contributed by atoms with Crippen molar-refractivity contribution in [1.29, 1.82) is 0 Å². The molecule has 0 fully saturated rings. The number of rotatable bonds is 2. The second-order valence-electron chi connectivity index (χ2n) is 1.80. The molecule has 4 N–H and O–H groups in total. The molecule has 0 heterocycles. The zero-order valence-corrected chi connectivity index (χ0v) is 7.99. The Balaban J connectivity index is 0. The molecule has 0 saturated heterocycles. The third-order valence-electron chi connectivity index (χ3n) is 0.462. The average molecular weight is 222 g/mol. The maximum absolute atomic E-state index is 9.79. The van der Waals surface area contributed by atoms with Crippen LogP contribution in [0, 0.1) is 0 Å². The summed E-state index contributed by atoms with van der Waals surface area (Å²) in [5.74, 6) is -0.132. The van der Waals surface area contributed by atoms with Crippen molar-refractivity contribution in [3.63, 3.8) is 0 Å². The van der Waals surface area contributed by atoms with Crippen molar-refractivity contribution in [1.82, 2.24) is 0 Å². The lowest BCUT2D eigenvalue weighted by molar-refractivity contribution is 0.275. The second-order valence-corrected chi connectivity index (χ2v) is 4.40. The molecule has 0 saturated carbocycles. The van der Waals surface area contributed by atoms with Gasteiger partial charge in [0.1, 0.15) is 0 Å². The first kappa shape index (κ1) is 14.5. The number of hydrogen-bond acceptors (Lipinski definition) is 3. The van der Waals surface area contributed by atoms with Crippen molar-refractivity contribution in [2.24, 2.45) is 0 Å². The normalized spacial score (nSPS) is 11.8. The smallest absolute Gasteiger partial charge is 0.303 e. The van der Waals surface area contributed by atoms with E-state index in [0.29, 0.717) is 6.42 Å². The molecule has 0 bridgehead atoms. The van der Waals surface area contributed by atoms with Crippen LogP contribution in [-0.4, -0.2) is 33.4 Å². The Morgan fingerprint density at radius 3 is 1.50 bits per heavy atom. The summed E-state index contributed by atoms with van der Waals surface area (Å²) >= 11 is 0. The van der Waals surface area contributed by atoms with Crippen LogP contribution >= 0.6 is 7.82 Å². The largest absolute Gasteiger partial charge is 0.466 e. The minimum absolute atomic E-state index is 0.132. The van der Waals surface area contributed by atoms with Crippen LogP contribution < -0.4 is 0 Å². The fraction of sp³-hybridized carbons (Fsp3) is 1.00. The monoisotopic (exact) mass is 222 g/mol. The summed E-state index contributed by atoms with van der Waals surface area (Å²) in [5, 5.41) is 0. The van der Waals surface area contributed by atoms with Gasteiger partial charge >= 0.3 is 7.82 Å². The highest BCUT2D eigenvalue weighted by atomic mass is 32.2. The van der Waals surface area contributed by atoms with Gasteiger partial charge in [0.05, 0.1) is 5.75 Å². The Bertz CT molecular complexity index is 229. The molecule has 0 aromatic rings. The molecule has 0 atom stereocenters. The van der Waals surface area contributed by atoms with Gasteiger partial charge in [0.15, 0.2) is 0 Å². The molecule has 0 aromatic carbocycles. The fourth-order valence-electron chi connectivity index (χ4n) is 0.258. The lowest BCUT2D eigenvalue weighted by Crippen LogP contribution is -2.01. The Morgan fingerprint density at radius 1 is 1.25 bits per heavy atom. The molecule has 76 valence electrons. The summed E-state index contributed by atoms with van der Waals surface area (Å²) in [6.07, 6.45) is 0.471. The predicted octanol–water partition coefficient (Wildman–Crippen LogP) is -0.644. The molecular weight excluding hydrogens is 211 g/mol. The Labute approximate surface area is 70.0 Å². The zero-order chi connectivity index (χ0) is 10.4. The highest BCUT2D eigenvalue weighted by Gasteiger charge is 2.00. The lowest BCUT2D eigenvalue weighted by Gasteiger charge is -1.85. The van der Waals surface area contributed by atoms with Crippen LogP contribution in [0.2, 0.25) is 0 Å². The Morgan fingerprint density at radius 2 is 1.50 bits per heavy atom. The van der Waals surface area contributed by atoms with Gasteiger partial charge in [-0.25, -0.2) is 4.57 Å². The van der Waals surface area contributed by atoms with E-state index in [0.717, 1.165) is 0 Å². The molecule has 0 amide bonds. The first-order valence-electron chi connectivity index (χ1n) is 2.79. The van der Waals surface area contributed by atoms with Gasteiger partial charge in [-0.15, -0.1) is 0 Å². The van der Waals surface area contributed by atoms with E-state index in [4.69, 9.17) is 23.8 Å². The molecule has 0 aliphatic heterocycles. The molecule has 7 nitrogen and oxygen atoms in total. The van der Waals surface area contributed by atoms with E-state index < -0.39 is 17.9 Å². The molecule has 0 rings (SSSR count). The van der Waals surface area contributed by atoms with Gasteiger partial charge in [-0.2, -0.15) is 8.42 Å². The van der Waals surface area contributed by atoms with Gasteiger partial charge < -0.3 is 14.7 Å². The highest BCUT2D eigenvalue weighted by Crippen LogP contribution is 2.25. The molecule has 0 radical (unpaired) electrons. The molecular formula is C3H11O7PS. The standard InChI is InChI=1S/C3H8O3S.H3O4P/c1-2-3-7(4,5)6;1-5(2,3)4/h2-3H2,1H3,(H,4,5,6);(H3,1,2,3,4). The zero-order valence-electron chi connectivity index (χ0n) is 6.28. The van der Waals surface area contributed by atoms with Crippen molar-refractivity contribution in [2.75, 3.05) is 5.75 Å². The van der Waals surface area contributed by atoms with Crippen molar-refractivity contribution >= 4 is 17.9 Å². The third kappa shape index (κ3) is 50.4. The number of phosphoric acid groups is 1. The first-order valence-corrected chi connectivity index (χ1v) is 5.97. The first-order chi connectivity index (χ1) is 5.06. The van der Waals surface area contributed by atoms with Crippen LogP contribution in [0.15, 0.2) is 0 Å². The third-order valence-corrected chi connectivity index (χ3v) is 1.39. The molecule has 0 aromatic heterocycles. The summed E-state index contributed by atoms with van der Waals surface area (Å²) in [6.45, 7) is 1.69. The molecule has 0 spiro atoms. The molecule has 0 aliphatic carbocycles. The van der Waals surface area contributed by atoms with Crippen molar-refractivity contribution in [3.05, 3.63) is 0 Å². The summed E-state index contributed by atoms with van der Waals surface area (Å²) in [5.41, 5.74) is 0. The second kappa shape index (κ2) is 5.63. The Hall–Kier alpha value is 0.0200. The average Bonchev–Trinajstić information content (AvgIpc) is 1.54. The van der Waals surface area contributed by atoms with Crippen LogP contribution in [-0.2, 0) is 14.7 Å². The van der Waals surface area contributed by atoms with E-state index in [1.165, 1.54) is 0 Å². The van der Waals surface area contributed by atoms with Gasteiger partial charge in [0, 0.05) is 0 Å². The minimum Gasteiger partial charge on any atom is -0.303 e. The summed E-state index contributed by atoms with van der Waals surface area (Å²) < 4.78 is 36.4. The van der Waals surface area contributed by atoms with E-state index in [-0.39, 0.29) is 5.75 Å². The molecule has 0 unspecified atom stereocenters. The lowest BCUT2D eigenvalue weighted by atomic mass is 10.6. The topological polar surface area (TPSA) is 132 Å². The van der Waals surface area contributed by atoms with Gasteiger partial charge in [0.2, 0.25) is 0 Å². The van der Waals surface area contributed by atoms with Crippen LogP contribution in [0.5, 0.6) is 0 Å². The molecule has 9 heteroatoms. The summed E-state index contributed by atoms with van der Waals surface area (Å²) in [4.78, 5) is 21.6. The Kier molecular flexibility index (Phi) is 6.82. The maximum atomic E-state index is 9.79. The molecule has 0 aliphatic rings. The van der Waals surface area contributed by atoms with E-state index in [1.54, 1.807) is 6.92 Å². The van der Waals surface area contributed by atoms with Gasteiger partial charge in [0.25, 0.3) is 10.1 Å². The molecule has 12 heavy (non-hydrogen) atoms. The van der Waals surface area contributed by atoms with E-state index in [2.05, 4.69) is 0 Å². The highest BCUT2D eigenvalue weighted by molar-refractivity contribution is 7.85. The van der Waals surface area contributed by atoms with Crippen LogP contribution in [0.25, 0.3) is 0 Å². The van der Waals surface area contributed by atoms with Crippen molar-refractivity contribution < 1.29 is 32.2 Å².